The van der Waals surface area contributed by atoms with E-state index in [-0.39, 0.29) is 0 Å². The zero-order valence-electron chi connectivity index (χ0n) is 27.8. The predicted octanol–water partition coefficient (Wildman–Crippen LogP) is 11.9. The first-order chi connectivity index (χ1) is 25.3. The first-order valence-corrected chi connectivity index (χ1v) is 17.8. The van der Waals surface area contributed by atoms with Gasteiger partial charge in [-0.05, 0) is 48.2 Å². The van der Waals surface area contributed by atoms with Crippen LogP contribution in [0.25, 0.3) is 58.8 Å². The number of thiophene rings is 1. The van der Waals surface area contributed by atoms with Gasteiger partial charge in [0.05, 0.1) is 17.6 Å². The van der Waals surface area contributed by atoms with E-state index < -0.39 is 0 Å². The molecule has 0 spiro atoms. The maximum absolute atomic E-state index is 5.06. The van der Waals surface area contributed by atoms with Gasteiger partial charge in [-0.2, -0.15) is 0 Å². The number of aromatic nitrogens is 1. The summed E-state index contributed by atoms with van der Waals surface area (Å²) in [6.07, 6.45) is 0. The number of hydrogen-bond donors (Lipinski definition) is 0. The first-order valence-electron chi connectivity index (χ1n) is 17.0. The van der Waals surface area contributed by atoms with E-state index >= 15 is 0 Å². The Hall–Kier alpha value is -6.43. The van der Waals surface area contributed by atoms with Crippen LogP contribution < -0.4 is 0 Å². The SMILES string of the molecule is C=N/C(=N\C(=N/Cc1ccccc1)c1cccc(-n2c3ccccc3c3c(-c4cccc5c4sc4ccccc45)cccc32)c1)c1ccccc1. The van der Waals surface area contributed by atoms with Crippen LogP contribution in [0, 0.1) is 0 Å². The number of hydrogen-bond acceptors (Lipinski definition) is 2. The maximum Gasteiger partial charge on any atom is 0.161 e. The van der Waals surface area contributed by atoms with Gasteiger partial charge in [0.25, 0.3) is 0 Å². The van der Waals surface area contributed by atoms with E-state index in [0.29, 0.717) is 18.2 Å². The van der Waals surface area contributed by atoms with E-state index in [1.165, 1.54) is 42.1 Å². The van der Waals surface area contributed by atoms with Gasteiger partial charge in [-0.1, -0.05) is 140 Å². The molecule has 0 saturated carbocycles. The summed E-state index contributed by atoms with van der Waals surface area (Å²) in [7, 11) is 0. The topological polar surface area (TPSA) is 42.0 Å². The molecule has 0 unspecified atom stereocenters. The van der Waals surface area contributed by atoms with Crippen LogP contribution in [0.1, 0.15) is 16.7 Å². The molecule has 0 aliphatic carbocycles. The molecule has 5 heteroatoms. The molecule has 0 atom stereocenters. The molecule has 0 aliphatic heterocycles. The summed E-state index contributed by atoms with van der Waals surface area (Å²) < 4.78 is 4.98. The molecule has 0 N–H and O–H groups in total. The van der Waals surface area contributed by atoms with Crippen LogP contribution in [0.3, 0.4) is 0 Å². The predicted molar refractivity (Wildman–Crippen MR) is 218 cm³/mol. The maximum atomic E-state index is 5.06. The summed E-state index contributed by atoms with van der Waals surface area (Å²) >= 11 is 1.87. The number of rotatable bonds is 6. The zero-order chi connectivity index (χ0) is 34.1. The van der Waals surface area contributed by atoms with Gasteiger partial charge >= 0.3 is 0 Å². The smallest absolute Gasteiger partial charge is 0.161 e. The fourth-order valence-electron chi connectivity index (χ4n) is 7.08. The molecule has 0 aliphatic rings. The molecule has 0 amide bonds. The standard InChI is InChI=1S/C46H32N4S/c1-47-45(32-17-6-3-7-18-32)49-46(48-30-31-15-4-2-5-16-31)33-19-12-20-34(29-33)50-40-26-10-8-22-39(40)43-36(23-14-27-41(43)50)38-25-13-24-37-35-21-9-11-28-42(35)51-44(37)38/h2-29H,1,30H2/b48-46-,49-45-. The lowest BCUT2D eigenvalue weighted by Crippen LogP contribution is -2.06. The quantitative estimate of drug-likeness (QED) is 0.125. The van der Waals surface area contributed by atoms with Crippen LogP contribution in [0.5, 0.6) is 0 Å². The second kappa shape index (κ2) is 13.1. The third-order valence-corrected chi connectivity index (χ3v) is 10.6. The van der Waals surface area contributed by atoms with Crippen molar-refractivity contribution >= 4 is 71.7 Å². The Morgan fingerprint density at radius 3 is 2.04 bits per heavy atom. The molecular formula is C46H32N4S. The molecule has 0 fully saturated rings. The van der Waals surface area contributed by atoms with E-state index in [1.807, 2.05) is 59.9 Å². The zero-order valence-corrected chi connectivity index (χ0v) is 28.6. The molecule has 0 radical (unpaired) electrons. The Bertz CT molecular complexity index is 2790. The van der Waals surface area contributed by atoms with Crippen LogP contribution in [0.2, 0.25) is 0 Å². The Balaban J connectivity index is 1.23. The normalized spacial score (nSPS) is 12.3. The molecular weight excluding hydrogens is 641 g/mol. The minimum atomic E-state index is 0.491. The van der Waals surface area contributed by atoms with E-state index in [4.69, 9.17) is 9.98 Å². The average molecular weight is 673 g/mol. The number of benzene rings is 7. The Kier molecular flexibility index (Phi) is 7.88. The number of amidine groups is 2. The van der Waals surface area contributed by atoms with Crippen LogP contribution in [0.15, 0.2) is 185 Å². The van der Waals surface area contributed by atoms with Crippen LogP contribution >= 0.6 is 11.3 Å². The summed E-state index contributed by atoms with van der Waals surface area (Å²) in [5.74, 6) is 1.13. The summed E-state index contributed by atoms with van der Waals surface area (Å²) in [6, 6.07) is 59.5. The lowest BCUT2D eigenvalue weighted by atomic mass is 9.98. The van der Waals surface area contributed by atoms with Crippen molar-refractivity contribution in [2.75, 3.05) is 0 Å². The summed E-state index contributed by atoms with van der Waals surface area (Å²) in [6.45, 7) is 4.35. The molecule has 7 aromatic carbocycles. The van der Waals surface area contributed by atoms with Gasteiger partial charge < -0.3 is 4.57 Å². The summed E-state index contributed by atoms with van der Waals surface area (Å²) in [5, 5.41) is 5.06. The fourth-order valence-corrected chi connectivity index (χ4v) is 8.32. The summed E-state index contributed by atoms with van der Waals surface area (Å²) in [4.78, 5) is 14.4. The van der Waals surface area contributed by atoms with Gasteiger partial charge in [-0.25, -0.2) is 9.98 Å². The molecule has 2 aromatic heterocycles. The minimum absolute atomic E-state index is 0.491. The lowest BCUT2D eigenvalue weighted by Gasteiger charge is -2.12. The van der Waals surface area contributed by atoms with Gasteiger partial charge in [-0.15, -0.1) is 11.3 Å². The van der Waals surface area contributed by atoms with Gasteiger partial charge in [0.2, 0.25) is 0 Å². The lowest BCUT2D eigenvalue weighted by molar-refractivity contribution is 1.06. The van der Waals surface area contributed by atoms with Crippen molar-refractivity contribution in [3.63, 3.8) is 0 Å². The molecule has 9 rings (SSSR count). The van der Waals surface area contributed by atoms with Crippen molar-refractivity contribution in [3.05, 3.63) is 187 Å². The minimum Gasteiger partial charge on any atom is -0.309 e. The number of para-hydroxylation sites is 1. The Morgan fingerprint density at radius 2 is 1.20 bits per heavy atom. The highest BCUT2D eigenvalue weighted by Gasteiger charge is 2.19. The highest BCUT2D eigenvalue weighted by atomic mass is 32.1. The van der Waals surface area contributed by atoms with Crippen molar-refractivity contribution in [2.45, 2.75) is 6.54 Å². The van der Waals surface area contributed by atoms with Crippen molar-refractivity contribution in [2.24, 2.45) is 15.0 Å². The second-order valence-electron chi connectivity index (χ2n) is 12.5. The molecule has 51 heavy (non-hydrogen) atoms. The highest BCUT2D eigenvalue weighted by Crippen LogP contribution is 2.44. The fraction of sp³-hybridized carbons (Fsp3) is 0.0217. The average Bonchev–Trinajstić information content (AvgIpc) is 3.75. The van der Waals surface area contributed by atoms with Crippen molar-refractivity contribution in [3.8, 4) is 16.8 Å². The van der Waals surface area contributed by atoms with Crippen molar-refractivity contribution < 1.29 is 0 Å². The monoisotopic (exact) mass is 672 g/mol. The number of nitrogens with zero attached hydrogens (tertiary/aromatic N) is 4. The van der Waals surface area contributed by atoms with Gasteiger partial charge in [0.15, 0.2) is 11.7 Å². The van der Waals surface area contributed by atoms with Crippen molar-refractivity contribution in [1.29, 1.82) is 0 Å². The van der Waals surface area contributed by atoms with Crippen LogP contribution in [-0.4, -0.2) is 23.0 Å². The number of aliphatic imine (C=N–C) groups is 3. The molecule has 4 nitrogen and oxygen atoms in total. The first kappa shape index (κ1) is 30.6. The van der Waals surface area contributed by atoms with E-state index in [1.54, 1.807) is 0 Å². The molecule has 0 saturated heterocycles. The van der Waals surface area contributed by atoms with Crippen molar-refractivity contribution in [1.82, 2.24) is 4.57 Å². The number of fused-ring (bicyclic) bond motifs is 6. The van der Waals surface area contributed by atoms with Gasteiger partial charge in [0.1, 0.15) is 0 Å². The second-order valence-corrected chi connectivity index (χ2v) is 13.5. The third kappa shape index (κ3) is 5.54. The largest absolute Gasteiger partial charge is 0.309 e. The molecule has 9 aromatic rings. The van der Waals surface area contributed by atoms with Gasteiger partial charge in [-0.3, -0.25) is 4.99 Å². The molecule has 2 heterocycles. The highest BCUT2D eigenvalue weighted by molar-refractivity contribution is 7.26. The molecule has 0 bridgehead atoms. The van der Waals surface area contributed by atoms with Crippen LogP contribution in [-0.2, 0) is 6.54 Å². The van der Waals surface area contributed by atoms with E-state index in [2.05, 4.69) is 138 Å². The van der Waals surface area contributed by atoms with Gasteiger partial charge in [0, 0.05) is 53.3 Å². The Morgan fingerprint density at radius 1 is 0.549 bits per heavy atom. The third-order valence-electron chi connectivity index (χ3n) is 9.40. The summed E-state index contributed by atoms with van der Waals surface area (Å²) in [5.41, 5.74) is 8.71. The Labute approximate surface area is 300 Å². The van der Waals surface area contributed by atoms with Crippen LogP contribution in [0.4, 0.5) is 0 Å². The van der Waals surface area contributed by atoms with E-state index in [0.717, 1.165) is 33.4 Å². The molecule has 242 valence electrons. The van der Waals surface area contributed by atoms with E-state index in [9.17, 15) is 0 Å².